The summed E-state index contributed by atoms with van der Waals surface area (Å²) in [6, 6.07) is 0. The molecule has 0 saturated carbocycles. The summed E-state index contributed by atoms with van der Waals surface area (Å²) in [6.07, 6.45) is -0.900. The number of carbonyl (C=O) groups is 3. The minimum Gasteiger partial charge on any atom is -0.468 e. The highest BCUT2D eigenvalue weighted by Gasteiger charge is 2.52. The summed E-state index contributed by atoms with van der Waals surface area (Å²) < 4.78 is 37.8. The van der Waals surface area contributed by atoms with Crippen LogP contribution < -0.4 is 5.43 Å². The molecule has 0 radical (unpaired) electrons. The van der Waals surface area contributed by atoms with Crippen molar-refractivity contribution in [1.82, 2.24) is 5.43 Å². The van der Waals surface area contributed by atoms with Crippen LogP contribution in [0.25, 0.3) is 0 Å². The second-order valence-electron chi connectivity index (χ2n) is 4.93. The minimum atomic E-state index is -4.15. The van der Waals surface area contributed by atoms with Gasteiger partial charge in [0.1, 0.15) is 5.92 Å². The van der Waals surface area contributed by atoms with Gasteiger partial charge < -0.3 is 23.3 Å². The first-order valence-corrected chi connectivity index (χ1v) is 9.84. The predicted molar refractivity (Wildman–Crippen MR) is 95.4 cm³/mol. The molecule has 1 amide bonds. The van der Waals surface area contributed by atoms with E-state index in [2.05, 4.69) is 9.84 Å². The monoisotopic (exact) mass is 410 g/mol. The summed E-state index contributed by atoms with van der Waals surface area (Å²) in [5.74, 6) is -3.40. The normalized spacial score (nSPS) is 14.1. The van der Waals surface area contributed by atoms with Gasteiger partial charge in [-0.3, -0.25) is 14.2 Å². The third kappa shape index (κ3) is 7.28. The zero-order chi connectivity index (χ0) is 21.0. The average Bonchev–Trinajstić information content (AvgIpc) is 2.63. The summed E-state index contributed by atoms with van der Waals surface area (Å²) in [5.41, 5.74) is 0.276. The largest absolute Gasteiger partial charge is 0.468 e. The van der Waals surface area contributed by atoms with Crippen molar-refractivity contribution in [3.05, 3.63) is 0 Å². The van der Waals surface area contributed by atoms with Gasteiger partial charge in [0.15, 0.2) is 5.66 Å². The molecule has 2 unspecified atom stereocenters. The number of carbonyl (C=O) groups excluding carboxylic acids is 3. The van der Waals surface area contributed by atoms with Crippen LogP contribution in [0.2, 0.25) is 0 Å². The Bertz CT molecular complexity index is 584. The molecular weight excluding hydrogens is 383 g/mol. The smallest absolute Gasteiger partial charge is 0.427 e. The Hall–Kier alpha value is -1.97. The molecule has 11 nitrogen and oxygen atoms in total. The van der Waals surface area contributed by atoms with Crippen LogP contribution in [0, 0.1) is 5.92 Å². The van der Waals surface area contributed by atoms with Crippen molar-refractivity contribution >= 4 is 31.3 Å². The molecule has 0 aromatic rings. The summed E-state index contributed by atoms with van der Waals surface area (Å²) >= 11 is 0. The van der Waals surface area contributed by atoms with Gasteiger partial charge in [0.25, 0.3) is 0 Å². The second-order valence-corrected chi connectivity index (χ2v) is 7.08. The van der Waals surface area contributed by atoms with Crippen LogP contribution in [-0.4, -0.2) is 63.4 Å². The van der Waals surface area contributed by atoms with Gasteiger partial charge in [-0.2, -0.15) is 5.10 Å². The maximum atomic E-state index is 13.3. The highest BCUT2D eigenvalue weighted by Crippen LogP contribution is 2.56. The molecule has 2 atom stereocenters. The van der Waals surface area contributed by atoms with Crippen molar-refractivity contribution in [1.29, 1.82) is 0 Å². The van der Waals surface area contributed by atoms with E-state index in [9.17, 15) is 18.9 Å². The molecule has 0 saturated heterocycles. The predicted octanol–water partition coefficient (Wildman–Crippen LogP) is 1.71. The molecule has 0 aromatic carbocycles. The van der Waals surface area contributed by atoms with Crippen LogP contribution >= 0.6 is 7.60 Å². The zero-order valence-corrected chi connectivity index (χ0v) is 17.2. The Morgan fingerprint density at radius 1 is 0.963 bits per heavy atom. The van der Waals surface area contributed by atoms with Crippen molar-refractivity contribution in [3.8, 4) is 0 Å². The first-order valence-electron chi connectivity index (χ1n) is 8.23. The van der Waals surface area contributed by atoms with Crippen molar-refractivity contribution < 1.29 is 42.2 Å². The molecule has 12 heteroatoms. The summed E-state index contributed by atoms with van der Waals surface area (Å²) in [6.45, 7) is 5.88. The number of hydrazone groups is 1. The number of rotatable bonds is 11. The zero-order valence-electron chi connectivity index (χ0n) is 16.3. The summed E-state index contributed by atoms with van der Waals surface area (Å²) in [5, 5.41) is 3.71. The molecule has 0 aromatic heterocycles. The van der Waals surface area contributed by atoms with E-state index in [1.54, 1.807) is 20.8 Å². The third-order valence-corrected chi connectivity index (χ3v) is 5.64. The molecule has 27 heavy (non-hydrogen) atoms. The second kappa shape index (κ2) is 12.4. The lowest BCUT2D eigenvalue weighted by Crippen LogP contribution is -2.42. The fourth-order valence-electron chi connectivity index (χ4n) is 2.14. The first kappa shape index (κ1) is 25.0. The van der Waals surface area contributed by atoms with Gasteiger partial charge in [0.05, 0.1) is 39.8 Å². The van der Waals surface area contributed by atoms with E-state index in [4.69, 9.17) is 18.5 Å². The SMILES string of the molecule is CCOC(=O)C(C(C(=O)OC)/C(C)=N/NC(=O)OC)P(=O)(OCC)OCC. The minimum absolute atomic E-state index is 0.0297. The van der Waals surface area contributed by atoms with Crippen LogP contribution in [0.15, 0.2) is 5.10 Å². The van der Waals surface area contributed by atoms with Gasteiger partial charge in [-0.25, -0.2) is 10.2 Å². The van der Waals surface area contributed by atoms with E-state index >= 15 is 0 Å². The molecule has 0 bridgehead atoms. The fraction of sp³-hybridized carbons (Fsp3) is 0.733. The van der Waals surface area contributed by atoms with E-state index in [0.29, 0.717) is 0 Å². The van der Waals surface area contributed by atoms with Gasteiger partial charge in [-0.05, 0) is 27.7 Å². The van der Waals surface area contributed by atoms with Crippen LogP contribution in [0.5, 0.6) is 0 Å². The van der Waals surface area contributed by atoms with Crippen LogP contribution in [0.1, 0.15) is 27.7 Å². The average molecular weight is 410 g/mol. The third-order valence-electron chi connectivity index (χ3n) is 3.22. The van der Waals surface area contributed by atoms with Gasteiger partial charge in [0, 0.05) is 0 Å². The molecule has 0 aliphatic rings. The lowest BCUT2D eigenvalue weighted by atomic mass is 10.00. The van der Waals surface area contributed by atoms with E-state index in [0.717, 1.165) is 14.2 Å². The number of esters is 2. The van der Waals surface area contributed by atoms with Gasteiger partial charge in [0.2, 0.25) is 0 Å². The van der Waals surface area contributed by atoms with E-state index in [1.807, 2.05) is 5.43 Å². The summed E-state index contributed by atoms with van der Waals surface area (Å²) in [4.78, 5) is 36.2. The Morgan fingerprint density at radius 2 is 1.52 bits per heavy atom. The Morgan fingerprint density at radius 3 is 1.93 bits per heavy atom. The van der Waals surface area contributed by atoms with E-state index in [1.165, 1.54) is 6.92 Å². The molecule has 156 valence electrons. The Balaban J connectivity index is 6.27. The molecule has 1 N–H and O–H groups in total. The number of hydrogen-bond donors (Lipinski definition) is 1. The van der Waals surface area contributed by atoms with Crippen LogP contribution in [0.4, 0.5) is 4.79 Å². The van der Waals surface area contributed by atoms with Crippen molar-refractivity contribution in [2.75, 3.05) is 34.0 Å². The molecule has 0 rings (SSSR count). The molecular formula is C15H27N2O9P. The lowest BCUT2D eigenvalue weighted by molar-refractivity contribution is -0.151. The maximum absolute atomic E-state index is 13.3. The summed E-state index contributed by atoms with van der Waals surface area (Å²) in [7, 11) is -1.94. The number of nitrogens with one attached hydrogen (secondary N) is 1. The highest BCUT2D eigenvalue weighted by molar-refractivity contribution is 7.55. The van der Waals surface area contributed by atoms with Gasteiger partial charge in [-0.1, -0.05) is 0 Å². The topological polar surface area (TPSA) is 139 Å². The highest BCUT2D eigenvalue weighted by atomic mass is 31.2. The van der Waals surface area contributed by atoms with Crippen LogP contribution in [-0.2, 0) is 37.4 Å². The first-order chi connectivity index (χ1) is 12.7. The molecule has 0 heterocycles. The molecule has 0 spiro atoms. The lowest BCUT2D eigenvalue weighted by Gasteiger charge is -2.29. The van der Waals surface area contributed by atoms with Gasteiger partial charge in [-0.15, -0.1) is 0 Å². The molecule has 0 aliphatic carbocycles. The van der Waals surface area contributed by atoms with Crippen LogP contribution in [0.3, 0.4) is 0 Å². The van der Waals surface area contributed by atoms with Gasteiger partial charge >= 0.3 is 25.6 Å². The van der Waals surface area contributed by atoms with Crippen molar-refractivity contribution in [2.24, 2.45) is 11.0 Å². The number of nitrogens with zero attached hydrogens (tertiary/aromatic N) is 1. The Kier molecular flexibility index (Phi) is 11.5. The fourth-order valence-corrected chi connectivity index (χ4v) is 4.29. The Labute approximate surface area is 158 Å². The quantitative estimate of drug-likeness (QED) is 0.177. The number of hydrogen-bond acceptors (Lipinski definition) is 10. The van der Waals surface area contributed by atoms with E-state index in [-0.39, 0.29) is 25.5 Å². The standard InChI is InChI=1S/C15H27N2O9P/c1-7-24-14(19)12(27(21,25-8-2)26-9-3)11(13(18)22-5)10(4)16-17-15(20)23-6/h11-12H,7-9H2,1-6H3,(H,17,20)/b16-10+. The number of methoxy groups -OCH3 is 2. The maximum Gasteiger partial charge on any atom is 0.427 e. The molecule has 0 aliphatic heterocycles. The van der Waals surface area contributed by atoms with E-state index < -0.39 is 37.2 Å². The van der Waals surface area contributed by atoms with Crippen molar-refractivity contribution in [3.63, 3.8) is 0 Å². The number of amides is 1. The number of ether oxygens (including phenoxy) is 3. The molecule has 0 fully saturated rings. The van der Waals surface area contributed by atoms with Crippen molar-refractivity contribution in [2.45, 2.75) is 33.4 Å².